The molecule has 2 aromatic heterocycles. The molecule has 130 valence electrons. The summed E-state index contributed by atoms with van der Waals surface area (Å²) in [6.45, 7) is 3.08. The van der Waals surface area contributed by atoms with E-state index in [0.29, 0.717) is 54.5 Å². The molecular formula is C17H18FN5O2. The summed E-state index contributed by atoms with van der Waals surface area (Å²) in [6.07, 6.45) is 1.69. The maximum Gasteiger partial charge on any atom is 0.231 e. The van der Waals surface area contributed by atoms with Gasteiger partial charge in [-0.25, -0.2) is 9.37 Å². The molecule has 0 saturated carbocycles. The van der Waals surface area contributed by atoms with Crippen LogP contribution in [0.15, 0.2) is 22.7 Å². The lowest BCUT2D eigenvalue weighted by Crippen LogP contribution is -2.28. The monoisotopic (exact) mass is 343 g/mol. The normalized spacial score (nSPS) is 17.5. The molecule has 8 heteroatoms. The Morgan fingerprint density at radius 3 is 3.12 bits per heavy atom. The highest BCUT2D eigenvalue weighted by Gasteiger charge is 2.30. The first-order chi connectivity index (χ1) is 12.1. The molecule has 0 radical (unpaired) electrons. The van der Waals surface area contributed by atoms with Gasteiger partial charge in [0.05, 0.1) is 17.0 Å². The van der Waals surface area contributed by atoms with Crippen LogP contribution < -0.4 is 0 Å². The van der Waals surface area contributed by atoms with E-state index in [-0.39, 0.29) is 17.6 Å². The molecule has 25 heavy (non-hydrogen) atoms. The Balaban J connectivity index is 1.35. The molecule has 1 amide bonds. The molecule has 0 aliphatic carbocycles. The van der Waals surface area contributed by atoms with Crippen LogP contribution in [-0.2, 0) is 11.2 Å². The molecular weight excluding hydrogens is 325 g/mol. The van der Waals surface area contributed by atoms with Crippen LogP contribution in [0.4, 0.5) is 4.39 Å². The highest BCUT2D eigenvalue weighted by Crippen LogP contribution is 2.26. The zero-order valence-electron chi connectivity index (χ0n) is 13.8. The Morgan fingerprint density at radius 2 is 2.32 bits per heavy atom. The maximum atomic E-state index is 13.2. The van der Waals surface area contributed by atoms with E-state index < -0.39 is 0 Å². The lowest BCUT2D eigenvalue weighted by molar-refractivity contribution is -0.130. The minimum absolute atomic E-state index is 0.0744. The zero-order chi connectivity index (χ0) is 17.4. The minimum Gasteiger partial charge on any atom is -0.342 e. The molecule has 1 saturated heterocycles. The molecule has 1 aliphatic rings. The van der Waals surface area contributed by atoms with Crippen molar-refractivity contribution < 1.29 is 13.7 Å². The number of halogens is 1. The van der Waals surface area contributed by atoms with E-state index in [1.807, 2.05) is 4.90 Å². The van der Waals surface area contributed by atoms with Gasteiger partial charge < -0.3 is 14.4 Å². The number of hydrogen-bond donors (Lipinski definition) is 1. The van der Waals surface area contributed by atoms with Gasteiger partial charge in [-0.2, -0.15) is 4.98 Å². The van der Waals surface area contributed by atoms with E-state index in [1.54, 1.807) is 13.0 Å². The van der Waals surface area contributed by atoms with Crippen molar-refractivity contribution in [2.75, 3.05) is 13.1 Å². The second-order valence-electron chi connectivity index (χ2n) is 6.35. The molecule has 3 aromatic rings. The Morgan fingerprint density at radius 1 is 1.44 bits per heavy atom. The van der Waals surface area contributed by atoms with Gasteiger partial charge in [0, 0.05) is 25.9 Å². The molecule has 0 spiro atoms. The van der Waals surface area contributed by atoms with Crippen LogP contribution >= 0.6 is 0 Å². The number of carbonyl (C=O) groups is 1. The number of nitrogens with one attached hydrogen (secondary N) is 1. The third kappa shape index (κ3) is 3.24. The molecule has 1 aromatic carbocycles. The van der Waals surface area contributed by atoms with E-state index in [2.05, 4.69) is 20.1 Å². The number of fused-ring (bicyclic) bond motifs is 1. The van der Waals surface area contributed by atoms with E-state index in [9.17, 15) is 9.18 Å². The average Bonchev–Trinajstić information content (AvgIpc) is 3.30. The van der Waals surface area contributed by atoms with Crippen LogP contribution in [0.1, 0.15) is 36.3 Å². The van der Waals surface area contributed by atoms with E-state index in [0.717, 1.165) is 6.42 Å². The van der Waals surface area contributed by atoms with Crippen molar-refractivity contribution in [3.63, 3.8) is 0 Å². The van der Waals surface area contributed by atoms with Crippen LogP contribution in [-0.4, -0.2) is 44.0 Å². The van der Waals surface area contributed by atoms with Crippen molar-refractivity contribution in [2.24, 2.45) is 0 Å². The smallest absolute Gasteiger partial charge is 0.231 e. The minimum atomic E-state index is -0.307. The van der Waals surface area contributed by atoms with Gasteiger partial charge in [-0.1, -0.05) is 5.16 Å². The topological polar surface area (TPSA) is 87.9 Å². The van der Waals surface area contributed by atoms with E-state index in [1.165, 1.54) is 12.1 Å². The summed E-state index contributed by atoms with van der Waals surface area (Å²) < 4.78 is 18.4. The van der Waals surface area contributed by atoms with Gasteiger partial charge in [0.25, 0.3) is 0 Å². The fourth-order valence-electron chi connectivity index (χ4n) is 3.20. The number of benzene rings is 1. The third-order valence-corrected chi connectivity index (χ3v) is 4.50. The first-order valence-corrected chi connectivity index (χ1v) is 8.30. The molecule has 0 unspecified atom stereocenters. The van der Waals surface area contributed by atoms with Crippen molar-refractivity contribution in [1.29, 1.82) is 0 Å². The molecule has 4 rings (SSSR count). The molecule has 7 nitrogen and oxygen atoms in total. The van der Waals surface area contributed by atoms with Crippen molar-refractivity contribution in [3.8, 4) is 0 Å². The fraction of sp³-hybridized carbons (Fsp3) is 0.412. The predicted molar refractivity (Wildman–Crippen MR) is 87.3 cm³/mol. The number of rotatable bonds is 4. The second-order valence-corrected chi connectivity index (χ2v) is 6.35. The number of aromatic amines is 1. The summed E-state index contributed by atoms with van der Waals surface area (Å²) >= 11 is 0. The Bertz CT molecular complexity index is 919. The van der Waals surface area contributed by atoms with Crippen LogP contribution in [0, 0.1) is 12.7 Å². The highest BCUT2D eigenvalue weighted by atomic mass is 19.1. The number of aromatic nitrogens is 4. The number of imidazole rings is 1. The van der Waals surface area contributed by atoms with Gasteiger partial charge in [0.2, 0.25) is 11.8 Å². The number of amides is 1. The number of carbonyl (C=O) groups excluding carboxylic acids is 1. The van der Waals surface area contributed by atoms with Crippen molar-refractivity contribution in [1.82, 2.24) is 25.0 Å². The molecule has 1 N–H and O–H groups in total. The van der Waals surface area contributed by atoms with E-state index in [4.69, 9.17) is 4.52 Å². The van der Waals surface area contributed by atoms with Gasteiger partial charge in [-0.3, -0.25) is 4.79 Å². The van der Waals surface area contributed by atoms with Crippen molar-refractivity contribution >= 4 is 16.9 Å². The summed E-state index contributed by atoms with van der Waals surface area (Å²) in [5.41, 5.74) is 1.35. The third-order valence-electron chi connectivity index (χ3n) is 4.50. The summed E-state index contributed by atoms with van der Waals surface area (Å²) in [4.78, 5) is 26.0. The lowest BCUT2D eigenvalue weighted by atomic mass is 10.1. The van der Waals surface area contributed by atoms with Crippen LogP contribution in [0.25, 0.3) is 11.0 Å². The molecule has 1 aliphatic heterocycles. The zero-order valence-corrected chi connectivity index (χ0v) is 13.8. The summed E-state index contributed by atoms with van der Waals surface area (Å²) in [5.74, 6) is 1.79. The van der Waals surface area contributed by atoms with Crippen LogP contribution in [0.5, 0.6) is 0 Å². The van der Waals surface area contributed by atoms with Crippen molar-refractivity contribution in [3.05, 3.63) is 41.6 Å². The molecule has 0 bridgehead atoms. The Labute approximate surface area is 143 Å². The van der Waals surface area contributed by atoms with E-state index >= 15 is 0 Å². The standard InChI is InChI=1S/C17H18FN5O2/c1-10-19-17(25-22-10)11-6-7-23(9-11)16(24)5-4-15-20-13-3-2-12(18)8-14(13)21-15/h2-3,8,11H,4-7,9H2,1H3,(H,20,21)/t11-/m1/s1. The van der Waals surface area contributed by atoms with Gasteiger partial charge in [0.15, 0.2) is 5.82 Å². The maximum absolute atomic E-state index is 13.2. The van der Waals surface area contributed by atoms with Crippen LogP contribution in [0.2, 0.25) is 0 Å². The SMILES string of the molecule is Cc1noc([C@@H]2CCN(C(=O)CCc3nc4ccc(F)cc4[nH]3)C2)n1. The summed E-state index contributed by atoms with van der Waals surface area (Å²) in [7, 11) is 0. The van der Waals surface area contributed by atoms with Crippen LogP contribution in [0.3, 0.4) is 0 Å². The molecule has 1 atom stereocenters. The fourth-order valence-corrected chi connectivity index (χ4v) is 3.20. The van der Waals surface area contributed by atoms with Gasteiger partial charge in [0.1, 0.15) is 11.6 Å². The average molecular weight is 343 g/mol. The highest BCUT2D eigenvalue weighted by molar-refractivity contribution is 5.77. The van der Waals surface area contributed by atoms with Gasteiger partial charge >= 0.3 is 0 Å². The first kappa shape index (κ1) is 15.7. The molecule has 1 fully saturated rings. The first-order valence-electron chi connectivity index (χ1n) is 8.30. The quantitative estimate of drug-likeness (QED) is 0.785. The Hall–Kier alpha value is -2.77. The largest absolute Gasteiger partial charge is 0.342 e. The summed E-state index contributed by atoms with van der Waals surface area (Å²) in [5, 5.41) is 3.81. The second kappa shape index (κ2) is 6.27. The van der Waals surface area contributed by atoms with Gasteiger partial charge in [-0.15, -0.1) is 0 Å². The van der Waals surface area contributed by atoms with Gasteiger partial charge in [-0.05, 0) is 31.5 Å². The number of likely N-dealkylation sites (tertiary alicyclic amines) is 1. The van der Waals surface area contributed by atoms with Crippen molar-refractivity contribution in [2.45, 2.75) is 32.1 Å². The summed E-state index contributed by atoms with van der Waals surface area (Å²) in [6, 6.07) is 4.41. The number of hydrogen-bond acceptors (Lipinski definition) is 5. The number of nitrogens with zero attached hydrogens (tertiary/aromatic N) is 4. The number of H-pyrrole nitrogens is 1. The Kier molecular flexibility index (Phi) is 3.95. The number of aryl methyl sites for hydroxylation is 2. The predicted octanol–water partition coefficient (Wildman–Crippen LogP) is 2.34. The molecule has 3 heterocycles. The lowest BCUT2D eigenvalue weighted by Gasteiger charge is -2.15.